The Morgan fingerprint density at radius 2 is 1.86 bits per heavy atom. The fraction of sp³-hybridized carbons (Fsp3) is 0.692. The van der Waals surface area contributed by atoms with Crippen molar-refractivity contribution in [1.82, 2.24) is 14.9 Å². The molecule has 5 N–H and O–H groups in total. The number of hydrogen-bond acceptors (Lipinski definition) is 5. The molecule has 1 aliphatic carbocycles. The molecule has 200 valence electrons. The Hall–Kier alpha value is -2.01. The predicted molar refractivity (Wildman–Crippen MR) is 140 cm³/mol. The molecule has 9 nitrogen and oxygen atoms in total. The molecule has 1 aromatic rings. The van der Waals surface area contributed by atoms with E-state index in [-0.39, 0.29) is 36.9 Å². The minimum Gasteiger partial charge on any atom is -0.333 e. The predicted octanol–water partition coefficient (Wildman–Crippen LogP) is 2.41. The monoisotopic (exact) mass is 519 g/mol. The van der Waals surface area contributed by atoms with Gasteiger partial charge in [0, 0.05) is 25.7 Å². The Kier molecular flexibility index (Phi) is 8.09. The summed E-state index contributed by atoms with van der Waals surface area (Å²) < 4.78 is 25.6. The average Bonchev–Trinajstić information content (AvgIpc) is 2.82. The van der Waals surface area contributed by atoms with E-state index < -0.39 is 15.6 Å². The number of carbonyl (C=O) groups is 2. The zero-order valence-corrected chi connectivity index (χ0v) is 22.5. The number of nitrogens with zero attached hydrogens (tertiary/aromatic N) is 1. The van der Waals surface area contributed by atoms with Crippen molar-refractivity contribution in [2.45, 2.75) is 70.8 Å². The number of fused-ring (bicyclic) bond motifs is 2. The highest BCUT2D eigenvalue weighted by Crippen LogP contribution is 2.51. The Morgan fingerprint density at radius 1 is 1.19 bits per heavy atom. The second kappa shape index (κ2) is 10.8. The van der Waals surface area contributed by atoms with E-state index in [0.29, 0.717) is 24.7 Å². The van der Waals surface area contributed by atoms with Crippen molar-refractivity contribution in [3.05, 3.63) is 29.3 Å². The van der Waals surface area contributed by atoms with Crippen molar-refractivity contribution in [2.24, 2.45) is 22.9 Å². The number of hydrogen-bond donors (Lipinski definition) is 4. The van der Waals surface area contributed by atoms with Crippen LogP contribution in [0.15, 0.2) is 18.2 Å². The van der Waals surface area contributed by atoms with Gasteiger partial charge in [0.2, 0.25) is 11.8 Å². The molecule has 0 bridgehead atoms. The molecule has 1 spiro atoms. The van der Waals surface area contributed by atoms with Crippen LogP contribution in [-0.4, -0.2) is 51.3 Å². The Balaban J connectivity index is 1.78. The van der Waals surface area contributed by atoms with Crippen molar-refractivity contribution < 1.29 is 18.0 Å². The van der Waals surface area contributed by atoms with Gasteiger partial charge < -0.3 is 15.5 Å². The van der Waals surface area contributed by atoms with E-state index in [9.17, 15) is 18.0 Å². The minimum absolute atomic E-state index is 0.0669. The van der Waals surface area contributed by atoms with Gasteiger partial charge in [0.25, 0.3) is 10.2 Å². The number of amides is 2. The van der Waals surface area contributed by atoms with Crippen LogP contribution in [0.1, 0.15) is 76.5 Å². The molecular weight excluding hydrogens is 478 g/mol. The topological polar surface area (TPSA) is 134 Å². The second-order valence-corrected chi connectivity index (χ2v) is 12.5. The summed E-state index contributed by atoms with van der Waals surface area (Å²) in [5, 5.41) is 11.5. The average molecular weight is 520 g/mol. The van der Waals surface area contributed by atoms with E-state index >= 15 is 0 Å². The highest BCUT2D eigenvalue weighted by molar-refractivity contribution is 7.87. The lowest BCUT2D eigenvalue weighted by Gasteiger charge is -2.52. The van der Waals surface area contributed by atoms with Crippen LogP contribution in [0.4, 0.5) is 5.69 Å². The zero-order valence-electron chi connectivity index (χ0n) is 21.7. The highest BCUT2D eigenvalue weighted by Gasteiger charge is 2.52. The lowest BCUT2D eigenvalue weighted by Crippen LogP contribution is -2.59. The third-order valence-electron chi connectivity index (χ3n) is 8.53. The van der Waals surface area contributed by atoms with Gasteiger partial charge in [-0.3, -0.25) is 9.59 Å². The third kappa shape index (κ3) is 5.61. The molecule has 1 atom stereocenters. The first-order valence-electron chi connectivity index (χ1n) is 13.2. The number of nitrogens with two attached hydrogens (primary N) is 1. The molecule has 2 amide bonds. The van der Waals surface area contributed by atoms with Gasteiger partial charge >= 0.3 is 0 Å². The Labute approximate surface area is 215 Å². The molecule has 10 heteroatoms. The number of piperidine rings is 1. The molecule has 1 saturated heterocycles. The molecular formula is C26H41N5O4S. The summed E-state index contributed by atoms with van der Waals surface area (Å²) in [7, 11) is -3.86. The van der Waals surface area contributed by atoms with Crippen LogP contribution in [0, 0.1) is 17.8 Å². The largest absolute Gasteiger partial charge is 0.333 e. The number of nitrogens with one attached hydrogen (secondary N) is 3. The maximum absolute atomic E-state index is 14.3. The first kappa shape index (κ1) is 27.0. The molecule has 3 aliphatic rings. The summed E-state index contributed by atoms with van der Waals surface area (Å²) in [5.74, 6) is 1.52. The zero-order chi connectivity index (χ0) is 26.1. The van der Waals surface area contributed by atoms with Crippen LogP contribution in [0.3, 0.4) is 0 Å². The number of anilines is 1. The molecule has 1 aromatic carbocycles. The Morgan fingerprint density at radius 3 is 2.44 bits per heavy atom. The summed E-state index contributed by atoms with van der Waals surface area (Å²) in [6.07, 6.45) is 5.63. The first-order valence-corrected chi connectivity index (χ1v) is 14.8. The van der Waals surface area contributed by atoms with Gasteiger partial charge in [-0.1, -0.05) is 19.9 Å². The van der Waals surface area contributed by atoms with Crippen molar-refractivity contribution in [3.8, 4) is 0 Å². The van der Waals surface area contributed by atoms with Crippen LogP contribution in [0.5, 0.6) is 0 Å². The number of carbonyl (C=O) groups excluding carboxylic acids is 2. The molecule has 2 aliphatic heterocycles. The molecule has 1 saturated carbocycles. The van der Waals surface area contributed by atoms with E-state index in [0.717, 1.165) is 55.6 Å². The quantitative estimate of drug-likeness (QED) is 0.439. The maximum atomic E-state index is 14.3. The standard InChI is InChI=1S/C26H41N5O4S/c1-17(2)19-4-6-20(7-5-19)24-22-16-21(30-18(3)32)8-9-23(22)26(10-12-28-13-11-26)25(33)31(24)15-14-29-36(27,34)35/h8-9,16-17,19-20,24,28-29H,4-7,10-15H2,1-3H3,(H,30,32)(H2,27,34,35). The molecule has 1 unspecified atom stereocenters. The van der Waals surface area contributed by atoms with Gasteiger partial charge in [-0.15, -0.1) is 0 Å². The SMILES string of the molecule is CC(=O)Nc1ccc2c(c1)C(C1CCC(C(C)C)CC1)N(CCNS(N)(=O)=O)C(=O)C21CCNCC1. The molecule has 2 heterocycles. The van der Waals surface area contributed by atoms with Crippen molar-refractivity contribution in [3.63, 3.8) is 0 Å². The fourth-order valence-electron chi connectivity index (χ4n) is 6.73. The van der Waals surface area contributed by atoms with Crippen molar-refractivity contribution >= 4 is 27.7 Å². The Bertz CT molecular complexity index is 1080. The van der Waals surface area contributed by atoms with Gasteiger partial charge in [-0.05, 0) is 92.6 Å². The number of benzene rings is 1. The van der Waals surface area contributed by atoms with E-state index in [1.54, 1.807) is 0 Å². The third-order valence-corrected chi connectivity index (χ3v) is 9.14. The summed E-state index contributed by atoms with van der Waals surface area (Å²) in [4.78, 5) is 28.1. The van der Waals surface area contributed by atoms with E-state index in [1.807, 2.05) is 23.1 Å². The van der Waals surface area contributed by atoms with Gasteiger partial charge in [0.15, 0.2) is 0 Å². The minimum atomic E-state index is -3.86. The summed E-state index contributed by atoms with van der Waals surface area (Å²) in [6.45, 7) is 7.85. The van der Waals surface area contributed by atoms with Gasteiger partial charge in [-0.25, -0.2) is 9.86 Å². The van der Waals surface area contributed by atoms with Gasteiger partial charge in [-0.2, -0.15) is 8.42 Å². The van der Waals surface area contributed by atoms with Gasteiger partial charge in [0.05, 0.1) is 11.5 Å². The van der Waals surface area contributed by atoms with E-state index in [4.69, 9.17) is 5.14 Å². The molecule has 0 aromatic heterocycles. The van der Waals surface area contributed by atoms with E-state index in [1.165, 1.54) is 6.92 Å². The summed E-state index contributed by atoms with van der Waals surface area (Å²) in [6, 6.07) is 5.82. The first-order chi connectivity index (χ1) is 17.0. The van der Waals surface area contributed by atoms with Crippen LogP contribution in [-0.2, 0) is 25.2 Å². The molecule has 2 fully saturated rings. The maximum Gasteiger partial charge on any atom is 0.274 e. The van der Waals surface area contributed by atoms with Crippen LogP contribution in [0.25, 0.3) is 0 Å². The lowest BCUT2D eigenvalue weighted by molar-refractivity contribution is -0.145. The van der Waals surface area contributed by atoms with Crippen LogP contribution < -0.4 is 20.5 Å². The van der Waals surface area contributed by atoms with E-state index in [2.05, 4.69) is 29.2 Å². The highest BCUT2D eigenvalue weighted by atomic mass is 32.2. The van der Waals surface area contributed by atoms with Crippen molar-refractivity contribution in [1.29, 1.82) is 0 Å². The normalized spacial score (nSPS) is 26.2. The van der Waals surface area contributed by atoms with Gasteiger partial charge in [0.1, 0.15) is 0 Å². The lowest BCUT2D eigenvalue weighted by atomic mass is 9.63. The van der Waals surface area contributed by atoms with Crippen molar-refractivity contribution in [2.75, 3.05) is 31.5 Å². The molecule has 36 heavy (non-hydrogen) atoms. The number of rotatable bonds is 7. The smallest absolute Gasteiger partial charge is 0.274 e. The summed E-state index contributed by atoms with van der Waals surface area (Å²) >= 11 is 0. The second-order valence-electron chi connectivity index (χ2n) is 11.1. The summed E-state index contributed by atoms with van der Waals surface area (Å²) in [5.41, 5.74) is 2.23. The van der Waals surface area contributed by atoms with Crippen LogP contribution >= 0.6 is 0 Å². The van der Waals surface area contributed by atoms with Crippen LogP contribution in [0.2, 0.25) is 0 Å². The molecule has 4 rings (SSSR count). The fourth-order valence-corrected chi connectivity index (χ4v) is 7.11. The molecule has 0 radical (unpaired) electrons.